The standard InChI is InChI=1S/C8H8F3NO/c1-4-2-5(9)6(12)3-7(4)13-8(10)11/h2-3,8H,12H2,1H3. The van der Waals surface area contributed by atoms with E-state index in [1.54, 1.807) is 0 Å². The number of benzene rings is 1. The van der Waals surface area contributed by atoms with E-state index in [-0.39, 0.29) is 17.0 Å². The van der Waals surface area contributed by atoms with Crippen LogP contribution in [0.2, 0.25) is 0 Å². The van der Waals surface area contributed by atoms with Crippen LogP contribution in [0, 0.1) is 12.7 Å². The van der Waals surface area contributed by atoms with Gasteiger partial charge in [-0.3, -0.25) is 0 Å². The first kappa shape index (κ1) is 9.70. The number of ether oxygens (including phenoxy) is 1. The van der Waals surface area contributed by atoms with Gasteiger partial charge in [-0.1, -0.05) is 0 Å². The van der Waals surface area contributed by atoms with Crippen molar-refractivity contribution in [1.82, 2.24) is 0 Å². The van der Waals surface area contributed by atoms with Crippen LogP contribution in [0.4, 0.5) is 18.9 Å². The summed E-state index contributed by atoms with van der Waals surface area (Å²) in [5.41, 5.74) is 5.24. The minimum atomic E-state index is -2.93. The molecule has 0 aliphatic heterocycles. The van der Waals surface area contributed by atoms with Crippen LogP contribution in [0.15, 0.2) is 12.1 Å². The molecule has 0 aliphatic rings. The van der Waals surface area contributed by atoms with E-state index in [4.69, 9.17) is 5.73 Å². The molecule has 0 unspecified atom stereocenters. The van der Waals surface area contributed by atoms with Crippen LogP contribution in [0.1, 0.15) is 5.56 Å². The van der Waals surface area contributed by atoms with Gasteiger partial charge in [0, 0.05) is 6.07 Å². The zero-order valence-corrected chi connectivity index (χ0v) is 6.85. The summed E-state index contributed by atoms with van der Waals surface area (Å²) in [7, 11) is 0. The van der Waals surface area contributed by atoms with Crippen LogP contribution in [0.3, 0.4) is 0 Å². The van der Waals surface area contributed by atoms with Gasteiger partial charge in [-0.2, -0.15) is 8.78 Å². The van der Waals surface area contributed by atoms with Gasteiger partial charge in [-0.15, -0.1) is 0 Å². The summed E-state index contributed by atoms with van der Waals surface area (Å²) in [5, 5.41) is 0. The fourth-order valence-electron chi connectivity index (χ4n) is 0.892. The highest BCUT2D eigenvalue weighted by molar-refractivity contribution is 5.49. The molecule has 1 aromatic rings. The van der Waals surface area contributed by atoms with Gasteiger partial charge in [0.05, 0.1) is 5.69 Å². The Kier molecular flexibility index (Phi) is 2.65. The minimum absolute atomic E-state index is 0.103. The normalized spacial score (nSPS) is 10.5. The van der Waals surface area contributed by atoms with Crippen molar-refractivity contribution in [3.05, 3.63) is 23.5 Å². The third-order valence-electron chi connectivity index (χ3n) is 1.51. The summed E-state index contributed by atoms with van der Waals surface area (Å²) in [6.45, 7) is -1.47. The number of halogens is 3. The van der Waals surface area contributed by atoms with Gasteiger partial charge in [0.1, 0.15) is 11.6 Å². The number of hydrogen-bond donors (Lipinski definition) is 1. The highest BCUT2D eigenvalue weighted by Gasteiger charge is 2.09. The number of rotatable bonds is 2. The molecule has 0 heterocycles. The highest BCUT2D eigenvalue weighted by atomic mass is 19.3. The average Bonchev–Trinajstić information content (AvgIpc) is 1.99. The van der Waals surface area contributed by atoms with Crippen molar-refractivity contribution in [2.45, 2.75) is 13.5 Å². The van der Waals surface area contributed by atoms with E-state index in [0.29, 0.717) is 0 Å². The Balaban J connectivity index is 3.01. The maximum Gasteiger partial charge on any atom is 0.387 e. The number of nitrogens with two attached hydrogens (primary N) is 1. The van der Waals surface area contributed by atoms with Crippen LogP contribution in [0.5, 0.6) is 5.75 Å². The molecule has 72 valence electrons. The van der Waals surface area contributed by atoms with Crippen molar-refractivity contribution in [3.8, 4) is 5.75 Å². The van der Waals surface area contributed by atoms with Gasteiger partial charge >= 0.3 is 6.61 Å². The second-order valence-electron chi connectivity index (χ2n) is 2.52. The molecule has 0 aliphatic carbocycles. The summed E-state index contributed by atoms with van der Waals surface area (Å²) < 4.78 is 40.4. The summed E-state index contributed by atoms with van der Waals surface area (Å²) in [5.74, 6) is -0.743. The Morgan fingerprint density at radius 2 is 2.00 bits per heavy atom. The van der Waals surface area contributed by atoms with Crippen molar-refractivity contribution < 1.29 is 17.9 Å². The molecular weight excluding hydrogens is 183 g/mol. The first-order chi connectivity index (χ1) is 6.00. The van der Waals surface area contributed by atoms with Gasteiger partial charge in [0.2, 0.25) is 0 Å². The predicted octanol–water partition coefficient (Wildman–Crippen LogP) is 2.32. The molecule has 0 radical (unpaired) electrons. The summed E-state index contributed by atoms with van der Waals surface area (Å²) in [6.07, 6.45) is 0. The smallest absolute Gasteiger partial charge is 0.387 e. The maximum absolute atomic E-state index is 12.7. The van der Waals surface area contributed by atoms with Crippen molar-refractivity contribution in [1.29, 1.82) is 0 Å². The third kappa shape index (κ3) is 2.27. The molecule has 5 heteroatoms. The molecule has 2 N–H and O–H groups in total. The van der Waals surface area contributed by atoms with E-state index in [2.05, 4.69) is 4.74 Å². The molecule has 2 nitrogen and oxygen atoms in total. The third-order valence-corrected chi connectivity index (χ3v) is 1.51. The minimum Gasteiger partial charge on any atom is -0.434 e. The fraction of sp³-hybridized carbons (Fsp3) is 0.250. The zero-order valence-electron chi connectivity index (χ0n) is 6.85. The lowest BCUT2D eigenvalue weighted by Crippen LogP contribution is -2.04. The number of hydrogen-bond acceptors (Lipinski definition) is 2. The second kappa shape index (κ2) is 3.55. The lowest BCUT2D eigenvalue weighted by Gasteiger charge is -2.08. The Morgan fingerprint density at radius 1 is 1.38 bits per heavy atom. The number of anilines is 1. The first-order valence-corrected chi connectivity index (χ1v) is 3.51. The van der Waals surface area contributed by atoms with Crippen molar-refractivity contribution >= 4 is 5.69 Å². The summed E-state index contributed by atoms with van der Waals surface area (Å²) in [6, 6.07) is 2.09. The SMILES string of the molecule is Cc1cc(F)c(N)cc1OC(F)F. The van der Waals surface area contributed by atoms with Crippen molar-refractivity contribution in [2.75, 3.05) is 5.73 Å². The van der Waals surface area contributed by atoms with Gasteiger partial charge in [-0.05, 0) is 18.6 Å². The second-order valence-corrected chi connectivity index (χ2v) is 2.52. The molecule has 0 atom stereocenters. The van der Waals surface area contributed by atoms with Crippen LogP contribution in [-0.2, 0) is 0 Å². The molecule has 1 aromatic carbocycles. The van der Waals surface area contributed by atoms with Gasteiger partial charge in [0.15, 0.2) is 0 Å². The Bertz CT molecular complexity index is 315. The lowest BCUT2D eigenvalue weighted by atomic mass is 10.2. The van der Waals surface area contributed by atoms with E-state index >= 15 is 0 Å². The molecule has 0 aromatic heterocycles. The van der Waals surface area contributed by atoms with Crippen LogP contribution < -0.4 is 10.5 Å². The molecular formula is C8H8F3NO. The topological polar surface area (TPSA) is 35.2 Å². The molecule has 1 rings (SSSR count). The van der Waals surface area contributed by atoms with Crippen LogP contribution in [0.25, 0.3) is 0 Å². The largest absolute Gasteiger partial charge is 0.434 e. The van der Waals surface area contributed by atoms with Crippen LogP contribution >= 0.6 is 0 Å². The zero-order chi connectivity index (χ0) is 10.0. The summed E-state index contributed by atoms with van der Waals surface area (Å²) >= 11 is 0. The Hall–Kier alpha value is -1.39. The van der Waals surface area contributed by atoms with Crippen LogP contribution in [-0.4, -0.2) is 6.61 Å². The average molecular weight is 191 g/mol. The molecule has 0 spiro atoms. The molecule has 0 bridgehead atoms. The molecule has 0 fully saturated rings. The Labute approximate surface area is 73.1 Å². The maximum atomic E-state index is 12.7. The Morgan fingerprint density at radius 3 is 2.54 bits per heavy atom. The van der Waals surface area contributed by atoms with E-state index in [0.717, 1.165) is 12.1 Å². The number of alkyl halides is 2. The molecule has 13 heavy (non-hydrogen) atoms. The molecule has 0 saturated carbocycles. The quantitative estimate of drug-likeness (QED) is 0.728. The molecule has 0 saturated heterocycles. The van der Waals surface area contributed by atoms with Crippen molar-refractivity contribution in [2.24, 2.45) is 0 Å². The fourth-order valence-corrected chi connectivity index (χ4v) is 0.892. The van der Waals surface area contributed by atoms with Gasteiger partial charge < -0.3 is 10.5 Å². The lowest BCUT2D eigenvalue weighted by molar-refractivity contribution is -0.0502. The first-order valence-electron chi connectivity index (χ1n) is 3.51. The van der Waals surface area contributed by atoms with E-state index in [9.17, 15) is 13.2 Å². The molecule has 0 amide bonds. The van der Waals surface area contributed by atoms with E-state index < -0.39 is 12.4 Å². The van der Waals surface area contributed by atoms with E-state index in [1.807, 2.05) is 0 Å². The summed E-state index contributed by atoms with van der Waals surface area (Å²) in [4.78, 5) is 0. The highest BCUT2D eigenvalue weighted by Crippen LogP contribution is 2.25. The predicted molar refractivity (Wildman–Crippen MR) is 42.2 cm³/mol. The number of nitrogen functional groups attached to an aromatic ring is 1. The van der Waals surface area contributed by atoms with Gasteiger partial charge in [-0.25, -0.2) is 4.39 Å². The van der Waals surface area contributed by atoms with Crippen molar-refractivity contribution in [3.63, 3.8) is 0 Å². The number of aryl methyl sites for hydroxylation is 1. The van der Waals surface area contributed by atoms with Gasteiger partial charge in [0.25, 0.3) is 0 Å². The van der Waals surface area contributed by atoms with E-state index in [1.165, 1.54) is 6.92 Å². The monoisotopic (exact) mass is 191 g/mol.